The van der Waals surface area contributed by atoms with Crippen molar-refractivity contribution >= 4 is 0 Å². The van der Waals surface area contributed by atoms with Crippen molar-refractivity contribution in [3.8, 4) is 5.75 Å². The van der Waals surface area contributed by atoms with Crippen molar-refractivity contribution in [2.24, 2.45) is 0 Å². The number of halogens is 3. The van der Waals surface area contributed by atoms with Gasteiger partial charge in [0.2, 0.25) is 0 Å². The zero-order valence-corrected chi connectivity index (χ0v) is 10.4. The predicted octanol–water partition coefficient (Wildman–Crippen LogP) is 3.42. The Kier molecular flexibility index (Phi) is 3.58. The molecule has 5 heteroatoms. The number of benzene rings is 1. The number of hydrogen-bond donors (Lipinski definition) is 1. The average molecular weight is 272 g/mol. The van der Waals surface area contributed by atoms with Crippen LogP contribution in [0.2, 0.25) is 0 Å². The molecule has 1 aromatic carbocycles. The summed E-state index contributed by atoms with van der Waals surface area (Å²) in [7, 11) is 0. The van der Waals surface area contributed by atoms with Crippen LogP contribution in [0, 0.1) is 0 Å². The van der Waals surface area contributed by atoms with E-state index in [-0.39, 0.29) is 5.92 Å². The molecule has 104 valence electrons. The molecular formula is C14H15F3O2. The maximum Gasteiger partial charge on any atom is 0.420 e. The molecule has 0 amide bonds. The third-order valence-corrected chi connectivity index (χ3v) is 3.23. The van der Waals surface area contributed by atoms with Crippen LogP contribution in [0.5, 0.6) is 5.75 Å². The highest BCUT2D eigenvalue weighted by molar-refractivity contribution is 5.40. The number of para-hydroxylation sites is 1. The first kappa shape index (κ1) is 13.9. The molecule has 1 N–H and O–H groups in total. The Morgan fingerprint density at radius 2 is 2.00 bits per heavy atom. The SMILES string of the molecule is CC(O)(C=CC1CCOc2ccccc21)C(F)(F)F. The van der Waals surface area contributed by atoms with Crippen LogP contribution in [-0.4, -0.2) is 23.5 Å². The van der Waals surface area contributed by atoms with Gasteiger partial charge in [0, 0.05) is 11.5 Å². The fourth-order valence-electron chi connectivity index (χ4n) is 1.97. The summed E-state index contributed by atoms with van der Waals surface area (Å²) in [5, 5.41) is 9.39. The van der Waals surface area contributed by atoms with Gasteiger partial charge in [0.15, 0.2) is 5.60 Å². The summed E-state index contributed by atoms with van der Waals surface area (Å²) in [5.41, 5.74) is -1.96. The molecule has 0 fully saturated rings. The van der Waals surface area contributed by atoms with Gasteiger partial charge in [0.05, 0.1) is 6.61 Å². The van der Waals surface area contributed by atoms with Crippen LogP contribution in [0.1, 0.15) is 24.8 Å². The molecule has 0 radical (unpaired) electrons. The van der Waals surface area contributed by atoms with E-state index in [9.17, 15) is 18.3 Å². The van der Waals surface area contributed by atoms with Crippen molar-refractivity contribution in [2.45, 2.75) is 31.0 Å². The quantitative estimate of drug-likeness (QED) is 0.836. The van der Waals surface area contributed by atoms with Gasteiger partial charge in [0.1, 0.15) is 5.75 Å². The van der Waals surface area contributed by atoms with E-state index < -0.39 is 11.8 Å². The summed E-state index contributed by atoms with van der Waals surface area (Å²) in [4.78, 5) is 0. The highest BCUT2D eigenvalue weighted by atomic mass is 19.4. The first-order valence-corrected chi connectivity index (χ1v) is 6.01. The third-order valence-electron chi connectivity index (χ3n) is 3.23. The smallest absolute Gasteiger partial charge is 0.420 e. The Balaban J connectivity index is 2.22. The highest BCUT2D eigenvalue weighted by Gasteiger charge is 2.48. The average Bonchev–Trinajstić information content (AvgIpc) is 2.35. The maximum atomic E-state index is 12.6. The summed E-state index contributed by atoms with van der Waals surface area (Å²) in [6.07, 6.45) is -1.84. The normalized spacial score (nSPS) is 22.7. The molecule has 19 heavy (non-hydrogen) atoms. The lowest BCUT2D eigenvalue weighted by Gasteiger charge is -2.26. The fourth-order valence-corrected chi connectivity index (χ4v) is 1.97. The summed E-state index contributed by atoms with van der Waals surface area (Å²) >= 11 is 0. The van der Waals surface area contributed by atoms with E-state index in [1.165, 1.54) is 6.08 Å². The largest absolute Gasteiger partial charge is 0.493 e. The van der Waals surface area contributed by atoms with Gasteiger partial charge in [-0.05, 0) is 25.5 Å². The monoisotopic (exact) mass is 272 g/mol. The molecule has 0 saturated heterocycles. The van der Waals surface area contributed by atoms with E-state index in [2.05, 4.69) is 0 Å². The minimum absolute atomic E-state index is 0.168. The van der Waals surface area contributed by atoms with E-state index in [4.69, 9.17) is 4.74 Å². The fraction of sp³-hybridized carbons (Fsp3) is 0.429. The van der Waals surface area contributed by atoms with Gasteiger partial charge in [0.25, 0.3) is 0 Å². The molecule has 0 aliphatic carbocycles. The van der Waals surface area contributed by atoms with Gasteiger partial charge in [-0.3, -0.25) is 0 Å². The molecular weight excluding hydrogens is 257 g/mol. The Morgan fingerprint density at radius 3 is 2.68 bits per heavy atom. The number of aliphatic hydroxyl groups is 1. The zero-order chi connectivity index (χ0) is 14.1. The van der Waals surface area contributed by atoms with Crippen molar-refractivity contribution in [3.05, 3.63) is 42.0 Å². The molecule has 2 atom stereocenters. The van der Waals surface area contributed by atoms with Crippen LogP contribution < -0.4 is 4.74 Å². The van der Waals surface area contributed by atoms with Gasteiger partial charge >= 0.3 is 6.18 Å². The Hall–Kier alpha value is -1.49. The van der Waals surface area contributed by atoms with Crippen LogP contribution in [0.4, 0.5) is 13.2 Å². The first-order chi connectivity index (χ1) is 8.81. The molecule has 0 aromatic heterocycles. The molecule has 2 rings (SSSR count). The van der Waals surface area contributed by atoms with Gasteiger partial charge in [-0.15, -0.1) is 0 Å². The van der Waals surface area contributed by atoms with Gasteiger partial charge < -0.3 is 9.84 Å². The Labute approximate surface area is 109 Å². The van der Waals surface area contributed by atoms with Crippen molar-refractivity contribution in [2.75, 3.05) is 6.61 Å². The lowest BCUT2D eigenvalue weighted by atomic mass is 9.91. The summed E-state index contributed by atoms with van der Waals surface area (Å²) in [5.74, 6) is 0.522. The second-order valence-electron chi connectivity index (χ2n) is 4.79. The number of rotatable bonds is 2. The molecule has 0 bridgehead atoms. The zero-order valence-electron chi connectivity index (χ0n) is 10.4. The topological polar surface area (TPSA) is 29.5 Å². The van der Waals surface area contributed by atoms with Crippen LogP contribution in [0.25, 0.3) is 0 Å². The molecule has 0 spiro atoms. The van der Waals surface area contributed by atoms with Crippen molar-refractivity contribution in [1.29, 1.82) is 0 Å². The Morgan fingerprint density at radius 1 is 1.32 bits per heavy atom. The molecule has 1 aromatic rings. The third kappa shape index (κ3) is 2.92. The standard InChI is InChI=1S/C14H15F3O2/c1-13(18,14(15,16)17)8-6-10-7-9-19-12-5-3-2-4-11(10)12/h2-6,8,10,18H,7,9H2,1H3. The number of hydrogen-bond acceptors (Lipinski definition) is 2. The van der Waals surface area contributed by atoms with Gasteiger partial charge in [-0.25, -0.2) is 0 Å². The van der Waals surface area contributed by atoms with Crippen LogP contribution in [0.3, 0.4) is 0 Å². The summed E-state index contributed by atoms with van der Waals surface area (Å²) in [6.45, 7) is 1.20. The molecule has 1 heterocycles. The highest BCUT2D eigenvalue weighted by Crippen LogP contribution is 2.36. The van der Waals surface area contributed by atoms with Crippen molar-refractivity contribution in [1.82, 2.24) is 0 Å². The van der Waals surface area contributed by atoms with Crippen LogP contribution in [0.15, 0.2) is 36.4 Å². The Bertz CT molecular complexity index is 478. The molecule has 1 aliphatic heterocycles. The first-order valence-electron chi connectivity index (χ1n) is 6.01. The van der Waals surface area contributed by atoms with E-state index >= 15 is 0 Å². The summed E-state index contributed by atoms with van der Waals surface area (Å²) < 4.78 is 43.1. The van der Waals surface area contributed by atoms with E-state index in [0.29, 0.717) is 18.8 Å². The van der Waals surface area contributed by atoms with E-state index in [1.807, 2.05) is 18.2 Å². The lowest BCUT2D eigenvalue weighted by Crippen LogP contribution is -2.40. The maximum absolute atomic E-state index is 12.6. The second-order valence-corrected chi connectivity index (χ2v) is 4.79. The molecule has 2 unspecified atom stereocenters. The van der Waals surface area contributed by atoms with Crippen LogP contribution in [-0.2, 0) is 0 Å². The number of alkyl halides is 3. The molecule has 1 aliphatic rings. The van der Waals surface area contributed by atoms with E-state index in [1.54, 1.807) is 6.07 Å². The minimum Gasteiger partial charge on any atom is -0.493 e. The van der Waals surface area contributed by atoms with Gasteiger partial charge in [-0.1, -0.05) is 24.3 Å². The van der Waals surface area contributed by atoms with Gasteiger partial charge in [-0.2, -0.15) is 13.2 Å². The van der Waals surface area contributed by atoms with E-state index in [0.717, 1.165) is 18.6 Å². The van der Waals surface area contributed by atoms with Crippen molar-refractivity contribution < 1.29 is 23.0 Å². The molecule has 0 saturated carbocycles. The van der Waals surface area contributed by atoms with Crippen molar-refractivity contribution in [3.63, 3.8) is 0 Å². The minimum atomic E-state index is -4.67. The number of allylic oxidation sites excluding steroid dienone is 1. The predicted molar refractivity (Wildman–Crippen MR) is 65.1 cm³/mol. The number of fused-ring (bicyclic) bond motifs is 1. The summed E-state index contributed by atoms with van der Waals surface area (Å²) in [6, 6.07) is 7.25. The second kappa shape index (κ2) is 4.89. The lowest BCUT2D eigenvalue weighted by molar-refractivity contribution is -0.232. The van der Waals surface area contributed by atoms with Crippen LogP contribution >= 0.6 is 0 Å². The number of ether oxygens (including phenoxy) is 1. The molecule has 2 nitrogen and oxygen atoms in total.